The number of benzene rings is 1. The molecule has 20 heavy (non-hydrogen) atoms. The van der Waals surface area contributed by atoms with E-state index in [1.807, 2.05) is 6.92 Å². The molecule has 0 aliphatic rings. The predicted molar refractivity (Wildman–Crippen MR) is 74.6 cm³/mol. The van der Waals surface area contributed by atoms with Crippen molar-refractivity contribution in [3.63, 3.8) is 0 Å². The number of halogens is 1. The Morgan fingerprint density at radius 2 is 2.05 bits per heavy atom. The number of aromatic nitrogens is 2. The number of hydrogen-bond donors (Lipinski definition) is 1. The van der Waals surface area contributed by atoms with Crippen molar-refractivity contribution in [3.8, 4) is 0 Å². The molecule has 1 aromatic carbocycles. The Hall–Kier alpha value is -1.89. The summed E-state index contributed by atoms with van der Waals surface area (Å²) in [5, 5.41) is 4.01. The maximum Gasteiger partial charge on any atom is 0.265 e. The largest absolute Gasteiger partial charge is 0.279 e. The Morgan fingerprint density at radius 3 is 2.65 bits per heavy atom. The molecule has 0 amide bonds. The number of nitrogens with one attached hydrogen (secondary N) is 1. The Kier molecular flexibility index (Phi) is 3.80. The van der Waals surface area contributed by atoms with E-state index >= 15 is 0 Å². The average molecular weight is 297 g/mol. The van der Waals surface area contributed by atoms with Gasteiger partial charge >= 0.3 is 0 Å². The number of nitrogens with zero attached hydrogens (tertiary/aromatic N) is 2. The van der Waals surface area contributed by atoms with Gasteiger partial charge in [-0.1, -0.05) is 6.07 Å². The minimum atomic E-state index is -3.77. The summed E-state index contributed by atoms with van der Waals surface area (Å²) in [6.07, 6.45) is 1.30. The maximum atomic E-state index is 13.2. The molecule has 5 nitrogen and oxygen atoms in total. The van der Waals surface area contributed by atoms with Crippen LogP contribution in [0.25, 0.3) is 0 Å². The smallest absolute Gasteiger partial charge is 0.265 e. The first-order valence-corrected chi connectivity index (χ1v) is 7.65. The number of rotatable bonds is 4. The van der Waals surface area contributed by atoms with E-state index in [4.69, 9.17) is 0 Å². The van der Waals surface area contributed by atoms with Crippen LogP contribution >= 0.6 is 0 Å². The molecule has 0 unspecified atom stereocenters. The Bertz CT molecular complexity index is 738. The van der Waals surface area contributed by atoms with Crippen molar-refractivity contribution in [1.82, 2.24) is 9.78 Å². The van der Waals surface area contributed by atoms with Crippen LogP contribution in [0, 0.1) is 19.7 Å². The van der Waals surface area contributed by atoms with E-state index in [1.54, 1.807) is 18.5 Å². The highest BCUT2D eigenvalue weighted by Crippen LogP contribution is 2.22. The summed E-state index contributed by atoms with van der Waals surface area (Å²) in [5.41, 5.74) is 1.43. The maximum absolute atomic E-state index is 13.2. The summed E-state index contributed by atoms with van der Waals surface area (Å²) in [4.78, 5) is 0.100. The van der Waals surface area contributed by atoms with Crippen LogP contribution in [0.5, 0.6) is 0 Å². The van der Waals surface area contributed by atoms with Crippen LogP contribution in [-0.4, -0.2) is 18.2 Å². The first-order valence-electron chi connectivity index (χ1n) is 6.16. The van der Waals surface area contributed by atoms with Crippen LogP contribution in [0.2, 0.25) is 0 Å². The van der Waals surface area contributed by atoms with Gasteiger partial charge < -0.3 is 0 Å². The van der Waals surface area contributed by atoms with Gasteiger partial charge in [0.05, 0.1) is 17.6 Å². The molecular formula is C13H16FN3O2S. The second-order valence-corrected chi connectivity index (χ2v) is 6.13. The van der Waals surface area contributed by atoms with Crippen LogP contribution in [0.1, 0.15) is 18.2 Å². The molecule has 0 spiro atoms. The summed E-state index contributed by atoms with van der Waals surface area (Å²) in [6.45, 7) is 5.85. The Balaban J connectivity index is 2.40. The molecule has 1 N–H and O–H groups in total. The normalized spacial score (nSPS) is 11.6. The van der Waals surface area contributed by atoms with E-state index in [1.165, 1.54) is 18.3 Å². The Labute approximate surface area is 117 Å². The van der Waals surface area contributed by atoms with E-state index in [-0.39, 0.29) is 10.6 Å². The second-order valence-electron chi connectivity index (χ2n) is 4.47. The predicted octanol–water partition coefficient (Wildman–Crippen LogP) is 2.46. The summed E-state index contributed by atoms with van der Waals surface area (Å²) in [7, 11) is -3.77. The van der Waals surface area contributed by atoms with Crippen molar-refractivity contribution >= 4 is 15.7 Å². The molecule has 0 saturated heterocycles. The summed E-state index contributed by atoms with van der Waals surface area (Å²) in [6, 6.07) is 3.97. The molecule has 1 aromatic heterocycles. The minimum Gasteiger partial charge on any atom is -0.279 e. The van der Waals surface area contributed by atoms with Crippen molar-refractivity contribution in [2.45, 2.75) is 32.2 Å². The molecule has 0 fully saturated rings. The van der Waals surface area contributed by atoms with Crippen molar-refractivity contribution in [2.75, 3.05) is 4.72 Å². The molecule has 0 aliphatic heterocycles. The monoisotopic (exact) mass is 297 g/mol. The van der Waals surface area contributed by atoms with Gasteiger partial charge in [-0.2, -0.15) is 5.10 Å². The van der Waals surface area contributed by atoms with Gasteiger partial charge in [0.1, 0.15) is 10.7 Å². The van der Waals surface area contributed by atoms with E-state index in [0.29, 0.717) is 17.8 Å². The lowest BCUT2D eigenvalue weighted by molar-refractivity contribution is 0.598. The third-order valence-electron chi connectivity index (χ3n) is 3.09. The average Bonchev–Trinajstić information content (AvgIpc) is 2.75. The van der Waals surface area contributed by atoms with Crippen LogP contribution < -0.4 is 4.72 Å². The third kappa shape index (κ3) is 2.67. The Morgan fingerprint density at radius 1 is 1.35 bits per heavy atom. The first-order chi connectivity index (χ1) is 9.35. The fourth-order valence-electron chi connectivity index (χ4n) is 1.92. The second kappa shape index (κ2) is 5.24. The topological polar surface area (TPSA) is 64.0 Å². The highest BCUT2D eigenvalue weighted by Gasteiger charge is 2.21. The number of aryl methyl sites for hydroxylation is 2. The third-order valence-corrected chi connectivity index (χ3v) is 4.56. The van der Waals surface area contributed by atoms with Gasteiger partial charge in [0, 0.05) is 6.54 Å². The zero-order valence-electron chi connectivity index (χ0n) is 11.5. The molecular weight excluding hydrogens is 281 g/mol. The van der Waals surface area contributed by atoms with E-state index < -0.39 is 15.8 Å². The molecule has 0 saturated carbocycles. The van der Waals surface area contributed by atoms with Crippen molar-refractivity contribution in [3.05, 3.63) is 41.5 Å². The van der Waals surface area contributed by atoms with Gasteiger partial charge in [-0.25, -0.2) is 12.8 Å². The standard InChI is InChI=1S/C13H16FN3O2S/c1-4-17-10(3)13(8-15-17)20(18,19)16-12-7-11(14)6-5-9(12)2/h5-8,16H,4H2,1-3H3. The van der Waals surface area contributed by atoms with Gasteiger partial charge in [-0.3, -0.25) is 9.40 Å². The van der Waals surface area contributed by atoms with Crippen molar-refractivity contribution in [2.24, 2.45) is 0 Å². The van der Waals surface area contributed by atoms with Gasteiger partial charge in [0.15, 0.2) is 0 Å². The molecule has 0 aliphatic carbocycles. The molecule has 0 atom stereocenters. The van der Waals surface area contributed by atoms with Gasteiger partial charge in [0.25, 0.3) is 10.0 Å². The SMILES string of the molecule is CCn1ncc(S(=O)(=O)Nc2cc(F)ccc2C)c1C. The lowest BCUT2D eigenvalue weighted by Gasteiger charge is -2.10. The van der Waals surface area contributed by atoms with E-state index in [0.717, 1.165) is 6.07 Å². The van der Waals surface area contributed by atoms with Crippen LogP contribution in [0.4, 0.5) is 10.1 Å². The quantitative estimate of drug-likeness (QED) is 0.943. The van der Waals surface area contributed by atoms with Crippen LogP contribution in [-0.2, 0) is 16.6 Å². The molecule has 7 heteroatoms. The van der Waals surface area contributed by atoms with E-state index in [2.05, 4.69) is 9.82 Å². The van der Waals surface area contributed by atoms with Crippen molar-refractivity contribution < 1.29 is 12.8 Å². The van der Waals surface area contributed by atoms with Crippen LogP contribution in [0.15, 0.2) is 29.3 Å². The molecule has 0 radical (unpaired) electrons. The van der Waals surface area contributed by atoms with E-state index in [9.17, 15) is 12.8 Å². The number of hydrogen-bond acceptors (Lipinski definition) is 3. The van der Waals surface area contributed by atoms with Gasteiger partial charge in [0.2, 0.25) is 0 Å². The highest BCUT2D eigenvalue weighted by molar-refractivity contribution is 7.92. The van der Waals surface area contributed by atoms with Crippen molar-refractivity contribution in [1.29, 1.82) is 0 Å². The van der Waals surface area contributed by atoms with Gasteiger partial charge in [-0.15, -0.1) is 0 Å². The fourth-order valence-corrected chi connectivity index (χ4v) is 3.22. The fraction of sp³-hybridized carbons (Fsp3) is 0.308. The molecule has 108 valence electrons. The lowest BCUT2D eigenvalue weighted by Crippen LogP contribution is -2.15. The lowest BCUT2D eigenvalue weighted by atomic mass is 10.2. The number of anilines is 1. The molecule has 0 bridgehead atoms. The molecule has 2 rings (SSSR count). The zero-order chi connectivity index (χ0) is 14.9. The summed E-state index contributed by atoms with van der Waals surface area (Å²) in [5.74, 6) is -0.491. The zero-order valence-corrected chi connectivity index (χ0v) is 12.3. The van der Waals surface area contributed by atoms with Crippen LogP contribution in [0.3, 0.4) is 0 Å². The molecule has 2 aromatic rings. The first kappa shape index (κ1) is 14.5. The van der Waals surface area contributed by atoms with Gasteiger partial charge in [-0.05, 0) is 38.5 Å². The summed E-state index contributed by atoms with van der Waals surface area (Å²) < 4.78 is 41.9. The summed E-state index contributed by atoms with van der Waals surface area (Å²) >= 11 is 0. The highest BCUT2D eigenvalue weighted by atomic mass is 32.2. The minimum absolute atomic E-state index is 0.100. The number of sulfonamides is 1. The molecule has 1 heterocycles.